The molecule has 1 N–H and O–H groups in total. The third-order valence-electron chi connectivity index (χ3n) is 6.28. The first-order valence-electron chi connectivity index (χ1n) is 10.5. The van der Waals surface area contributed by atoms with E-state index in [9.17, 15) is 18.0 Å². The van der Waals surface area contributed by atoms with Crippen molar-refractivity contribution < 1.29 is 18.0 Å². The van der Waals surface area contributed by atoms with E-state index in [1.165, 1.54) is 22.7 Å². The zero-order valence-corrected chi connectivity index (χ0v) is 18.1. The smallest absolute Gasteiger partial charge is 0.306 e. The summed E-state index contributed by atoms with van der Waals surface area (Å²) < 4.78 is 38.5. The maximum atomic E-state index is 13.0. The SMILES string of the molecule is O=C(Nc1ccc(C(F)(F)F)cc1)N1CC2(c3ccc(Cl)cc3)CCc3ccccc3C2=N1. The Labute approximate surface area is 193 Å². The summed E-state index contributed by atoms with van der Waals surface area (Å²) in [5, 5.41) is 9.36. The molecule has 1 aliphatic carbocycles. The van der Waals surface area contributed by atoms with E-state index in [0.717, 1.165) is 41.8 Å². The van der Waals surface area contributed by atoms with Gasteiger partial charge in [0, 0.05) is 16.3 Å². The minimum Gasteiger partial charge on any atom is -0.306 e. The Morgan fingerprint density at radius 3 is 2.39 bits per heavy atom. The summed E-state index contributed by atoms with van der Waals surface area (Å²) in [6, 6.07) is 19.4. The minimum atomic E-state index is -4.43. The number of anilines is 1. The van der Waals surface area contributed by atoms with E-state index in [1.807, 2.05) is 42.5 Å². The van der Waals surface area contributed by atoms with Crippen LogP contribution in [0.1, 0.15) is 28.7 Å². The number of halogens is 4. The van der Waals surface area contributed by atoms with E-state index in [-0.39, 0.29) is 5.69 Å². The number of amides is 2. The van der Waals surface area contributed by atoms with Crippen LogP contribution in [0.15, 0.2) is 77.9 Å². The zero-order chi connectivity index (χ0) is 23.2. The Morgan fingerprint density at radius 2 is 1.70 bits per heavy atom. The van der Waals surface area contributed by atoms with Gasteiger partial charge in [0.25, 0.3) is 0 Å². The van der Waals surface area contributed by atoms with Gasteiger partial charge in [-0.25, -0.2) is 9.80 Å². The average Bonchev–Trinajstić information content (AvgIpc) is 3.21. The van der Waals surface area contributed by atoms with Crippen molar-refractivity contribution in [3.05, 3.63) is 100 Å². The van der Waals surface area contributed by atoms with Crippen LogP contribution in [0.25, 0.3) is 0 Å². The average molecular weight is 470 g/mol. The highest BCUT2D eigenvalue weighted by Crippen LogP contribution is 2.43. The largest absolute Gasteiger partial charge is 0.416 e. The van der Waals surface area contributed by atoms with Crippen LogP contribution in [-0.2, 0) is 18.0 Å². The number of carbonyl (C=O) groups is 1. The second-order valence-electron chi connectivity index (χ2n) is 8.26. The second kappa shape index (κ2) is 7.92. The molecular weight excluding hydrogens is 451 g/mol. The van der Waals surface area contributed by atoms with Crippen LogP contribution in [-0.4, -0.2) is 23.3 Å². The number of nitrogens with one attached hydrogen (secondary N) is 1. The number of fused-ring (bicyclic) bond motifs is 3. The molecule has 0 saturated carbocycles. The molecule has 0 saturated heterocycles. The normalized spacial score (nSPS) is 19.5. The van der Waals surface area contributed by atoms with Gasteiger partial charge in [0.2, 0.25) is 0 Å². The van der Waals surface area contributed by atoms with Gasteiger partial charge in [-0.3, -0.25) is 0 Å². The summed E-state index contributed by atoms with van der Waals surface area (Å²) in [5.74, 6) is 0. The number of aryl methyl sites for hydroxylation is 1. The van der Waals surface area contributed by atoms with Gasteiger partial charge in [0.15, 0.2) is 0 Å². The van der Waals surface area contributed by atoms with Crippen molar-refractivity contribution in [3.8, 4) is 0 Å². The summed E-state index contributed by atoms with van der Waals surface area (Å²) in [4.78, 5) is 13.0. The van der Waals surface area contributed by atoms with Crippen molar-refractivity contribution in [3.63, 3.8) is 0 Å². The van der Waals surface area contributed by atoms with Gasteiger partial charge >= 0.3 is 12.2 Å². The Bertz CT molecular complexity index is 1240. The summed E-state index contributed by atoms with van der Waals surface area (Å²) in [6.45, 7) is 0.324. The molecular formula is C25H19ClF3N3O. The molecule has 8 heteroatoms. The molecule has 3 aromatic rings. The maximum absolute atomic E-state index is 13.0. The Hall–Kier alpha value is -3.32. The summed E-state index contributed by atoms with van der Waals surface area (Å²) in [7, 11) is 0. The molecule has 1 atom stereocenters. The van der Waals surface area contributed by atoms with Gasteiger partial charge in [-0.2, -0.15) is 18.3 Å². The lowest BCUT2D eigenvalue weighted by atomic mass is 9.66. The van der Waals surface area contributed by atoms with Gasteiger partial charge in [-0.05, 0) is 60.4 Å². The van der Waals surface area contributed by atoms with E-state index in [4.69, 9.17) is 16.7 Å². The molecule has 0 radical (unpaired) electrons. The van der Waals surface area contributed by atoms with Crippen molar-refractivity contribution in [2.24, 2.45) is 5.10 Å². The van der Waals surface area contributed by atoms with Crippen LogP contribution in [0.4, 0.5) is 23.7 Å². The van der Waals surface area contributed by atoms with Crippen LogP contribution < -0.4 is 5.32 Å². The first-order valence-corrected chi connectivity index (χ1v) is 10.8. The number of benzene rings is 3. The van der Waals surface area contributed by atoms with Gasteiger partial charge in [0.05, 0.1) is 23.2 Å². The quantitative estimate of drug-likeness (QED) is 0.457. The number of rotatable bonds is 2. The molecule has 5 rings (SSSR count). The standard InChI is InChI=1S/C25H19ClF3N3O/c26-19-9-5-17(6-10-19)24-14-13-16-3-1-2-4-21(16)22(24)31-32(15-24)23(33)30-20-11-7-18(8-12-20)25(27,28)29/h1-12H,13-15H2,(H,30,33). The molecule has 168 valence electrons. The molecule has 0 fully saturated rings. The van der Waals surface area contributed by atoms with Gasteiger partial charge in [-0.15, -0.1) is 0 Å². The van der Waals surface area contributed by atoms with Gasteiger partial charge in [0.1, 0.15) is 0 Å². The molecule has 3 aromatic carbocycles. The monoisotopic (exact) mass is 469 g/mol. The Kier molecular flexibility index (Phi) is 5.16. The van der Waals surface area contributed by atoms with Crippen molar-refractivity contribution in [1.82, 2.24) is 5.01 Å². The van der Waals surface area contributed by atoms with Crippen molar-refractivity contribution in [2.45, 2.75) is 24.4 Å². The Morgan fingerprint density at radius 1 is 1.00 bits per heavy atom. The maximum Gasteiger partial charge on any atom is 0.416 e. The molecule has 1 aliphatic heterocycles. The van der Waals surface area contributed by atoms with Crippen LogP contribution in [0.2, 0.25) is 5.02 Å². The lowest BCUT2D eigenvalue weighted by Gasteiger charge is -2.36. The highest BCUT2D eigenvalue weighted by molar-refractivity contribution is 6.30. The number of hydrogen-bond acceptors (Lipinski definition) is 2. The summed E-state index contributed by atoms with van der Waals surface area (Å²) in [5.41, 5.74) is 3.01. The predicted molar refractivity (Wildman–Crippen MR) is 122 cm³/mol. The molecule has 4 nitrogen and oxygen atoms in total. The number of nitrogens with zero attached hydrogens (tertiary/aromatic N) is 2. The predicted octanol–water partition coefficient (Wildman–Crippen LogP) is 6.49. The fraction of sp³-hybridized carbons (Fsp3) is 0.200. The van der Waals surface area contributed by atoms with E-state index in [2.05, 4.69) is 11.4 Å². The minimum absolute atomic E-state index is 0.268. The first kappa shape index (κ1) is 21.5. The van der Waals surface area contributed by atoms with E-state index < -0.39 is 23.2 Å². The molecule has 0 aromatic heterocycles. The molecule has 2 aliphatic rings. The lowest BCUT2D eigenvalue weighted by molar-refractivity contribution is -0.137. The van der Waals surface area contributed by atoms with Gasteiger partial charge in [-0.1, -0.05) is 48.0 Å². The molecule has 1 heterocycles. The lowest BCUT2D eigenvalue weighted by Crippen LogP contribution is -2.43. The number of hydrogen-bond donors (Lipinski definition) is 1. The molecule has 0 bridgehead atoms. The fourth-order valence-electron chi connectivity index (χ4n) is 4.60. The molecule has 0 spiro atoms. The van der Waals surface area contributed by atoms with Crippen molar-refractivity contribution in [2.75, 3.05) is 11.9 Å². The van der Waals surface area contributed by atoms with E-state index >= 15 is 0 Å². The fourth-order valence-corrected chi connectivity index (χ4v) is 4.72. The second-order valence-corrected chi connectivity index (χ2v) is 8.69. The topological polar surface area (TPSA) is 44.7 Å². The molecule has 33 heavy (non-hydrogen) atoms. The van der Waals surface area contributed by atoms with Crippen molar-refractivity contribution in [1.29, 1.82) is 0 Å². The van der Waals surface area contributed by atoms with Crippen LogP contribution >= 0.6 is 11.6 Å². The molecule has 2 amide bonds. The highest BCUT2D eigenvalue weighted by Gasteiger charge is 2.48. The van der Waals surface area contributed by atoms with E-state index in [0.29, 0.717) is 11.6 Å². The number of carbonyl (C=O) groups excluding carboxylic acids is 1. The Balaban J connectivity index is 1.47. The third kappa shape index (κ3) is 3.86. The first-order chi connectivity index (χ1) is 15.8. The summed E-state index contributed by atoms with van der Waals surface area (Å²) >= 11 is 6.11. The number of urea groups is 1. The summed E-state index contributed by atoms with van der Waals surface area (Å²) in [6.07, 6.45) is -2.82. The van der Waals surface area contributed by atoms with Crippen LogP contribution in [0.5, 0.6) is 0 Å². The molecule has 1 unspecified atom stereocenters. The van der Waals surface area contributed by atoms with E-state index in [1.54, 1.807) is 0 Å². The number of hydrazone groups is 1. The zero-order valence-electron chi connectivity index (χ0n) is 17.4. The number of alkyl halides is 3. The third-order valence-corrected chi connectivity index (χ3v) is 6.53. The highest BCUT2D eigenvalue weighted by atomic mass is 35.5. The van der Waals surface area contributed by atoms with Crippen LogP contribution in [0.3, 0.4) is 0 Å². The van der Waals surface area contributed by atoms with Crippen LogP contribution in [0, 0.1) is 0 Å². The van der Waals surface area contributed by atoms with Crippen molar-refractivity contribution >= 4 is 29.0 Å². The van der Waals surface area contributed by atoms with Gasteiger partial charge < -0.3 is 5.32 Å².